The van der Waals surface area contributed by atoms with E-state index in [9.17, 15) is 0 Å². The van der Waals surface area contributed by atoms with Crippen LogP contribution < -0.4 is 5.73 Å². The normalized spacial score (nSPS) is 11.1. The van der Waals surface area contributed by atoms with Crippen molar-refractivity contribution in [2.75, 3.05) is 0 Å². The van der Waals surface area contributed by atoms with Gasteiger partial charge in [0, 0.05) is 22.0 Å². The van der Waals surface area contributed by atoms with Crippen LogP contribution in [0.1, 0.15) is 30.5 Å². The Morgan fingerprint density at radius 2 is 1.83 bits per heavy atom. The summed E-state index contributed by atoms with van der Waals surface area (Å²) in [6.45, 7) is 8.61. The number of fused-ring (bicyclic) bond motifs is 3. The molecule has 2 N–H and O–H groups in total. The molecule has 0 atom stereocenters. The third-order valence-corrected chi connectivity index (χ3v) is 5.31. The number of benzene rings is 2. The van der Waals surface area contributed by atoms with Gasteiger partial charge in [-0.1, -0.05) is 32.6 Å². The zero-order valence-corrected chi connectivity index (χ0v) is 16.7. The van der Waals surface area contributed by atoms with E-state index in [1.807, 2.05) is 35.1 Å². The molecule has 0 bridgehead atoms. The Labute approximate surface area is 170 Å². The quantitative estimate of drug-likeness (QED) is 0.542. The maximum absolute atomic E-state index is 9.12. The molecule has 0 amide bonds. The third-order valence-electron chi connectivity index (χ3n) is 5.31. The van der Waals surface area contributed by atoms with Crippen LogP contribution in [0.5, 0.6) is 0 Å². The minimum atomic E-state index is 0.424. The molecule has 0 spiro atoms. The van der Waals surface area contributed by atoms with Crippen LogP contribution in [-0.2, 0) is 19.4 Å². The van der Waals surface area contributed by atoms with Crippen molar-refractivity contribution < 1.29 is 0 Å². The van der Waals surface area contributed by atoms with Gasteiger partial charge in [0.05, 0.1) is 35.4 Å². The second kappa shape index (κ2) is 7.40. The van der Waals surface area contributed by atoms with Gasteiger partial charge in [0.1, 0.15) is 5.69 Å². The number of nitrogens with zero attached hydrogens (tertiary/aromatic N) is 4. The summed E-state index contributed by atoms with van der Waals surface area (Å²) in [4.78, 5) is 4.72. The minimum Gasteiger partial charge on any atom is -0.401 e. The summed E-state index contributed by atoms with van der Waals surface area (Å²) in [6.07, 6.45) is 3.81. The lowest BCUT2D eigenvalue weighted by atomic mass is 9.97. The van der Waals surface area contributed by atoms with Gasteiger partial charge in [-0.2, -0.15) is 10.4 Å². The molecule has 29 heavy (non-hydrogen) atoms. The lowest BCUT2D eigenvalue weighted by molar-refractivity contribution is 0.700. The van der Waals surface area contributed by atoms with E-state index in [0.717, 1.165) is 45.9 Å². The number of hydrogen-bond acceptors (Lipinski definition) is 4. The van der Waals surface area contributed by atoms with Crippen LogP contribution >= 0.6 is 0 Å². The second-order valence-corrected chi connectivity index (χ2v) is 7.22. The molecule has 0 unspecified atom stereocenters. The van der Waals surface area contributed by atoms with Crippen LogP contribution in [0, 0.1) is 11.3 Å². The van der Waals surface area contributed by atoms with E-state index >= 15 is 0 Å². The monoisotopic (exact) mass is 381 g/mol. The Balaban J connectivity index is 2.08. The van der Waals surface area contributed by atoms with Crippen molar-refractivity contribution in [1.82, 2.24) is 14.8 Å². The van der Waals surface area contributed by atoms with E-state index in [1.165, 1.54) is 11.1 Å². The van der Waals surface area contributed by atoms with E-state index in [2.05, 4.69) is 38.6 Å². The maximum Gasteiger partial charge on any atom is 0.101 e. The molecule has 2 aromatic heterocycles. The molecular formula is C24H23N5. The van der Waals surface area contributed by atoms with Crippen molar-refractivity contribution in [3.63, 3.8) is 0 Å². The van der Waals surface area contributed by atoms with Crippen LogP contribution in [0.15, 0.2) is 54.9 Å². The molecule has 0 aliphatic rings. The fourth-order valence-corrected chi connectivity index (χ4v) is 3.86. The van der Waals surface area contributed by atoms with Gasteiger partial charge >= 0.3 is 0 Å². The molecule has 0 aliphatic heterocycles. The number of allylic oxidation sites excluding steroid dienone is 1. The molecule has 0 saturated heterocycles. The van der Waals surface area contributed by atoms with Crippen molar-refractivity contribution in [2.24, 2.45) is 5.73 Å². The van der Waals surface area contributed by atoms with Gasteiger partial charge in [-0.15, -0.1) is 0 Å². The van der Waals surface area contributed by atoms with E-state index in [4.69, 9.17) is 21.1 Å². The summed E-state index contributed by atoms with van der Waals surface area (Å²) in [5, 5.41) is 16.1. The SMILES string of the molecule is C=C(N)Cn1nc(-c2ccc(C#N)cc2)c2c3cc(CC)c(CC)cc3ncc21. The molecule has 2 heterocycles. The number of aromatic nitrogens is 3. The smallest absolute Gasteiger partial charge is 0.101 e. The molecule has 0 fully saturated rings. The molecule has 0 aliphatic carbocycles. The molecule has 2 aromatic carbocycles. The Morgan fingerprint density at radius 3 is 2.45 bits per heavy atom. The summed E-state index contributed by atoms with van der Waals surface area (Å²) in [7, 11) is 0. The van der Waals surface area contributed by atoms with Crippen LogP contribution in [0.25, 0.3) is 33.1 Å². The van der Waals surface area contributed by atoms with Crippen LogP contribution in [-0.4, -0.2) is 14.8 Å². The number of aryl methyl sites for hydroxylation is 2. The number of rotatable bonds is 5. The largest absolute Gasteiger partial charge is 0.401 e. The van der Waals surface area contributed by atoms with Crippen molar-refractivity contribution in [3.05, 3.63) is 71.6 Å². The summed E-state index contributed by atoms with van der Waals surface area (Å²) >= 11 is 0. The van der Waals surface area contributed by atoms with Crippen molar-refractivity contribution in [3.8, 4) is 17.3 Å². The number of nitriles is 1. The van der Waals surface area contributed by atoms with Gasteiger partial charge in [-0.25, -0.2) is 0 Å². The molecule has 4 rings (SSSR count). The van der Waals surface area contributed by atoms with E-state index in [-0.39, 0.29) is 0 Å². The fourth-order valence-electron chi connectivity index (χ4n) is 3.86. The van der Waals surface area contributed by atoms with Gasteiger partial charge in [-0.3, -0.25) is 9.67 Å². The first-order chi connectivity index (χ1) is 14.0. The molecule has 5 heteroatoms. The molecule has 5 nitrogen and oxygen atoms in total. The van der Waals surface area contributed by atoms with Crippen LogP contribution in [0.3, 0.4) is 0 Å². The van der Waals surface area contributed by atoms with Crippen molar-refractivity contribution in [1.29, 1.82) is 5.26 Å². The lowest BCUT2D eigenvalue weighted by Crippen LogP contribution is -2.08. The third kappa shape index (κ3) is 3.23. The highest BCUT2D eigenvalue weighted by atomic mass is 15.3. The average molecular weight is 381 g/mol. The molecule has 0 saturated carbocycles. The molecule has 0 radical (unpaired) electrons. The van der Waals surface area contributed by atoms with Crippen LogP contribution in [0.2, 0.25) is 0 Å². The zero-order valence-electron chi connectivity index (χ0n) is 16.7. The van der Waals surface area contributed by atoms with Gasteiger partial charge < -0.3 is 5.73 Å². The van der Waals surface area contributed by atoms with E-state index in [0.29, 0.717) is 17.8 Å². The number of hydrogen-bond donors (Lipinski definition) is 1. The van der Waals surface area contributed by atoms with Gasteiger partial charge in [0.2, 0.25) is 0 Å². The summed E-state index contributed by atoms with van der Waals surface area (Å²) in [6, 6.07) is 14.1. The number of nitrogens with two attached hydrogens (primary N) is 1. The molecule has 144 valence electrons. The first kappa shape index (κ1) is 18.7. The Kier molecular flexibility index (Phi) is 4.77. The minimum absolute atomic E-state index is 0.424. The second-order valence-electron chi connectivity index (χ2n) is 7.22. The predicted octanol–water partition coefficient (Wildman–Crippen LogP) is 4.72. The molecular weight excluding hydrogens is 358 g/mol. The predicted molar refractivity (Wildman–Crippen MR) is 117 cm³/mol. The highest BCUT2D eigenvalue weighted by molar-refractivity contribution is 6.11. The van der Waals surface area contributed by atoms with E-state index < -0.39 is 0 Å². The van der Waals surface area contributed by atoms with Crippen LogP contribution in [0.4, 0.5) is 0 Å². The topological polar surface area (TPSA) is 80.5 Å². The van der Waals surface area contributed by atoms with Crippen molar-refractivity contribution in [2.45, 2.75) is 33.2 Å². The highest BCUT2D eigenvalue weighted by Gasteiger charge is 2.17. The zero-order chi connectivity index (χ0) is 20.5. The van der Waals surface area contributed by atoms with Gasteiger partial charge in [0.25, 0.3) is 0 Å². The lowest BCUT2D eigenvalue weighted by Gasteiger charge is -2.10. The average Bonchev–Trinajstić information content (AvgIpc) is 3.10. The highest BCUT2D eigenvalue weighted by Crippen LogP contribution is 2.35. The van der Waals surface area contributed by atoms with Crippen molar-refractivity contribution >= 4 is 21.8 Å². The van der Waals surface area contributed by atoms with Gasteiger partial charge in [-0.05, 0) is 48.2 Å². The standard InChI is InChI=1S/C24H23N5/c1-4-17-10-20-21(11-18(17)5-2)27-13-22-23(20)24(28-29(22)14-15(3)26)19-8-6-16(12-25)7-9-19/h6-11,13H,3-5,14,26H2,1-2H3. The maximum atomic E-state index is 9.12. The first-order valence-electron chi connectivity index (χ1n) is 9.80. The summed E-state index contributed by atoms with van der Waals surface area (Å²) in [5.74, 6) is 0. The summed E-state index contributed by atoms with van der Waals surface area (Å²) < 4.78 is 1.86. The Bertz CT molecular complexity index is 1270. The Hall–Kier alpha value is -3.65. The van der Waals surface area contributed by atoms with Gasteiger partial charge in [0.15, 0.2) is 0 Å². The Morgan fingerprint density at radius 1 is 1.14 bits per heavy atom. The number of pyridine rings is 1. The molecule has 4 aromatic rings. The van der Waals surface area contributed by atoms with E-state index in [1.54, 1.807) is 0 Å². The summed E-state index contributed by atoms with van der Waals surface area (Å²) in [5.41, 5.74) is 13.4. The fraction of sp³-hybridized carbons (Fsp3) is 0.208. The first-order valence-corrected chi connectivity index (χ1v) is 9.80.